The monoisotopic (exact) mass is 495 g/mol. The number of benzene rings is 2. The molecule has 9 heteroatoms. The molecule has 0 aliphatic heterocycles. The van der Waals surface area contributed by atoms with Crippen LogP contribution in [0.25, 0.3) is 16.9 Å². The highest BCUT2D eigenvalue weighted by Gasteiger charge is 2.33. The van der Waals surface area contributed by atoms with Crippen LogP contribution in [0, 0.1) is 11.7 Å². The average molecular weight is 496 g/mol. The Balaban J connectivity index is 1.78. The number of carbonyl (C=O) groups excluding carboxylic acids is 2. The summed E-state index contributed by atoms with van der Waals surface area (Å²) < 4.78 is 31.3. The minimum absolute atomic E-state index is 0.00289. The van der Waals surface area contributed by atoms with E-state index in [1.807, 2.05) is 0 Å². The van der Waals surface area contributed by atoms with Crippen molar-refractivity contribution in [1.82, 2.24) is 15.1 Å². The van der Waals surface area contributed by atoms with Crippen LogP contribution in [0.2, 0.25) is 0 Å². The molecule has 1 N–H and O–H groups in total. The molecule has 1 saturated carbocycles. The maximum Gasteiger partial charge on any atom is 0.328 e. The van der Waals surface area contributed by atoms with Gasteiger partial charge in [-0.2, -0.15) is 5.10 Å². The SMILES string of the molecule is COC(=O)[C@@H](NC(=O)c1cc(-c2c(OC)cccc2OC)n(-c2ccc(F)cc2)n1)C1CCCCC1. The standard InChI is InChI=1S/C27H30FN3O5/c1-34-22-10-7-11-23(35-2)24(22)21-16-20(30-31(21)19-14-12-18(28)13-15-19)26(32)29-25(27(33)36-3)17-8-5-4-6-9-17/h7,10-17,25H,4-6,8-9H2,1-3H3,(H,29,32)/t25-/m0/s1. The third-order valence-corrected chi connectivity index (χ3v) is 6.56. The molecule has 0 saturated heterocycles. The Labute approximate surface area is 209 Å². The first kappa shape index (κ1) is 25.2. The van der Waals surface area contributed by atoms with Crippen LogP contribution in [-0.4, -0.2) is 49.0 Å². The van der Waals surface area contributed by atoms with Gasteiger partial charge >= 0.3 is 5.97 Å². The number of nitrogens with zero attached hydrogens (tertiary/aromatic N) is 2. The lowest BCUT2D eigenvalue weighted by Crippen LogP contribution is -2.47. The Morgan fingerprint density at radius 3 is 2.22 bits per heavy atom. The van der Waals surface area contributed by atoms with E-state index in [0.29, 0.717) is 28.4 Å². The lowest BCUT2D eigenvalue weighted by Gasteiger charge is -2.28. The summed E-state index contributed by atoms with van der Waals surface area (Å²) in [6.45, 7) is 0. The summed E-state index contributed by atoms with van der Waals surface area (Å²) in [6, 6.07) is 11.9. The van der Waals surface area contributed by atoms with Crippen molar-refractivity contribution in [2.45, 2.75) is 38.1 Å². The van der Waals surface area contributed by atoms with Gasteiger partial charge in [-0.25, -0.2) is 13.9 Å². The molecule has 0 spiro atoms. The van der Waals surface area contributed by atoms with E-state index in [2.05, 4.69) is 10.4 Å². The summed E-state index contributed by atoms with van der Waals surface area (Å²) in [4.78, 5) is 26.0. The summed E-state index contributed by atoms with van der Waals surface area (Å²) in [6.07, 6.45) is 4.81. The number of nitrogens with one attached hydrogen (secondary N) is 1. The Hall–Kier alpha value is -3.88. The molecule has 0 radical (unpaired) electrons. The number of aromatic nitrogens is 2. The van der Waals surface area contributed by atoms with E-state index in [1.54, 1.807) is 36.4 Å². The largest absolute Gasteiger partial charge is 0.496 e. The Morgan fingerprint density at radius 1 is 1.00 bits per heavy atom. The predicted octanol–water partition coefficient (Wildman–Crippen LogP) is 4.55. The van der Waals surface area contributed by atoms with Gasteiger partial charge in [0.05, 0.1) is 38.3 Å². The lowest BCUT2D eigenvalue weighted by molar-refractivity contribution is -0.144. The first-order valence-corrected chi connectivity index (χ1v) is 11.9. The predicted molar refractivity (Wildman–Crippen MR) is 132 cm³/mol. The van der Waals surface area contributed by atoms with Gasteiger partial charge in [0.1, 0.15) is 23.4 Å². The normalized spacial score (nSPS) is 14.7. The molecule has 3 aromatic rings. The second-order valence-corrected chi connectivity index (χ2v) is 8.71. The summed E-state index contributed by atoms with van der Waals surface area (Å²) in [5.74, 6) is -0.345. The molecule has 0 bridgehead atoms. The van der Waals surface area contributed by atoms with Crippen molar-refractivity contribution in [3.63, 3.8) is 0 Å². The van der Waals surface area contributed by atoms with E-state index in [0.717, 1.165) is 32.1 Å². The van der Waals surface area contributed by atoms with Gasteiger partial charge in [0.15, 0.2) is 5.69 Å². The molecule has 1 atom stereocenters. The number of rotatable bonds is 8. The molecule has 190 valence electrons. The van der Waals surface area contributed by atoms with Crippen LogP contribution in [0.15, 0.2) is 48.5 Å². The van der Waals surface area contributed by atoms with E-state index in [4.69, 9.17) is 14.2 Å². The van der Waals surface area contributed by atoms with E-state index >= 15 is 0 Å². The number of hydrogen-bond donors (Lipinski definition) is 1. The highest BCUT2D eigenvalue weighted by molar-refractivity contribution is 5.96. The smallest absolute Gasteiger partial charge is 0.328 e. The molecule has 1 heterocycles. The van der Waals surface area contributed by atoms with Crippen LogP contribution >= 0.6 is 0 Å². The van der Waals surface area contributed by atoms with Gasteiger partial charge in [0, 0.05) is 0 Å². The molecule has 2 aromatic carbocycles. The van der Waals surface area contributed by atoms with Crippen molar-refractivity contribution in [2.75, 3.05) is 21.3 Å². The second kappa shape index (κ2) is 11.2. The maximum absolute atomic E-state index is 13.6. The second-order valence-electron chi connectivity index (χ2n) is 8.71. The fourth-order valence-corrected chi connectivity index (χ4v) is 4.73. The first-order valence-electron chi connectivity index (χ1n) is 11.9. The third kappa shape index (κ3) is 5.19. The molecule has 8 nitrogen and oxygen atoms in total. The molecular weight excluding hydrogens is 465 g/mol. The van der Waals surface area contributed by atoms with Gasteiger partial charge < -0.3 is 19.5 Å². The van der Waals surface area contributed by atoms with Crippen LogP contribution in [0.5, 0.6) is 11.5 Å². The van der Waals surface area contributed by atoms with Crippen molar-refractivity contribution in [3.8, 4) is 28.4 Å². The van der Waals surface area contributed by atoms with Gasteiger partial charge in [0.25, 0.3) is 5.91 Å². The van der Waals surface area contributed by atoms with Crippen LogP contribution in [0.4, 0.5) is 4.39 Å². The fourth-order valence-electron chi connectivity index (χ4n) is 4.73. The maximum atomic E-state index is 13.6. The van der Waals surface area contributed by atoms with Gasteiger partial charge in [-0.1, -0.05) is 25.3 Å². The minimum atomic E-state index is -0.761. The van der Waals surface area contributed by atoms with Crippen molar-refractivity contribution in [3.05, 3.63) is 60.0 Å². The lowest BCUT2D eigenvalue weighted by atomic mass is 9.84. The molecular formula is C27H30FN3O5. The van der Waals surface area contributed by atoms with Gasteiger partial charge in [0.2, 0.25) is 0 Å². The average Bonchev–Trinajstić information content (AvgIpc) is 3.36. The zero-order valence-corrected chi connectivity index (χ0v) is 20.6. The number of halogens is 1. The van der Waals surface area contributed by atoms with Crippen LogP contribution in [0.3, 0.4) is 0 Å². The number of ether oxygens (including phenoxy) is 3. The molecule has 1 amide bonds. The highest BCUT2D eigenvalue weighted by Crippen LogP contribution is 2.39. The fraction of sp³-hybridized carbons (Fsp3) is 0.370. The van der Waals surface area contributed by atoms with Gasteiger partial charge in [-0.3, -0.25) is 4.79 Å². The Morgan fingerprint density at radius 2 is 1.64 bits per heavy atom. The van der Waals surface area contributed by atoms with Crippen molar-refractivity contribution in [1.29, 1.82) is 0 Å². The Kier molecular flexibility index (Phi) is 7.87. The molecule has 0 unspecified atom stereocenters. The highest BCUT2D eigenvalue weighted by atomic mass is 19.1. The van der Waals surface area contributed by atoms with E-state index in [9.17, 15) is 14.0 Å². The molecule has 36 heavy (non-hydrogen) atoms. The number of hydrogen-bond acceptors (Lipinski definition) is 6. The molecule has 1 fully saturated rings. The Bertz CT molecular complexity index is 1200. The molecule has 1 aliphatic carbocycles. The summed E-state index contributed by atoms with van der Waals surface area (Å²) >= 11 is 0. The van der Waals surface area contributed by atoms with E-state index in [1.165, 1.54) is 38.1 Å². The van der Waals surface area contributed by atoms with Gasteiger partial charge in [-0.05, 0) is 61.2 Å². The minimum Gasteiger partial charge on any atom is -0.496 e. The van der Waals surface area contributed by atoms with Crippen LogP contribution < -0.4 is 14.8 Å². The number of methoxy groups -OCH3 is 3. The van der Waals surface area contributed by atoms with E-state index < -0.39 is 23.7 Å². The van der Waals surface area contributed by atoms with Gasteiger partial charge in [-0.15, -0.1) is 0 Å². The number of carbonyl (C=O) groups is 2. The van der Waals surface area contributed by atoms with Crippen molar-refractivity contribution in [2.24, 2.45) is 5.92 Å². The first-order chi connectivity index (χ1) is 17.5. The van der Waals surface area contributed by atoms with Crippen molar-refractivity contribution < 1.29 is 28.2 Å². The number of esters is 1. The quantitative estimate of drug-likeness (QED) is 0.461. The van der Waals surface area contributed by atoms with Crippen LogP contribution in [0.1, 0.15) is 42.6 Å². The van der Waals surface area contributed by atoms with E-state index in [-0.39, 0.29) is 11.6 Å². The summed E-state index contributed by atoms with van der Waals surface area (Å²) in [7, 11) is 4.39. The summed E-state index contributed by atoms with van der Waals surface area (Å²) in [5, 5.41) is 7.39. The van der Waals surface area contributed by atoms with Crippen LogP contribution in [-0.2, 0) is 9.53 Å². The molecule has 1 aliphatic rings. The summed E-state index contributed by atoms with van der Waals surface area (Å²) in [5.41, 5.74) is 1.71. The zero-order chi connectivity index (χ0) is 25.7. The third-order valence-electron chi connectivity index (χ3n) is 6.56. The number of amides is 1. The topological polar surface area (TPSA) is 91.7 Å². The molecule has 1 aromatic heterocycles. The zero-order valence-electron chi connectivity index (χ0n) is 20.6. The molecule has 4 rings (SSSR count). The van der Waals surface area contributed by atoms with Crippen molar-refractivity contribution >= 4 is 11.9 Å².